The van der Waals surface area contributed by atoms with Gasteiger partial charge in [-0.25, -0.2) is 4.98 Å². The van der Waals surface area contributed by atoms with E-state index in [1.807, 2.05) is 25.1 Å². The Morgan fingerprint density at radius 1 is 1.42 bits per heavy atom. The molecule has 0 saturated heterocycles. The first kappa shape index (κ1) is 12.5. The smallest absolute Gasteiger partial charge is 0.153 e. The fraction of sp³-hybridized carbons (Fsp3) is 0.214. The lowest BCUT2D eigenvalue weighted by molar-refractivity contribution is 0.798. The van der Waals surface area contributed by atoms with Crippen LogP contribution in [0.1, 0.15) is 12.5 Å². The lowest BCUT2D eigenvalue weighted by atomic mass is 10.3. The number of nitrogen functional groups attached to an aromatic ring is 1. The quantitative estimate of drug-likeness (QED) is 0.764. The molecule has 0 aliphatic rings. The Hall–Kier alpha value is -1.52. The van der Waals surface area contributed by atoms with Crippen molar-refractivity contribution in [2.75, 3.05) is 5.73 Å². The highest BCUT2D eigenvalue weighted by molar-refractivity contribution is 7.14. The molecule has 3 rings (SSSR count). The molecule has 0 amide bonds. The lowest BCUT2D eigenvalue weighted by Gasteiger charge is -2.05. The molecule has 98 valence electrons. The van der Waals surface area contributed by atoms with Crippen LogP contribution < -0.4 is 5.73 Å². The third-order valence-corrected chi connectivity index (χ3v) is 4.60. The topological polar surface area (TPSA) is 43.8 Å². The van der Waals surface area contributed by atoms with Gasteiger partial charge in [0, 0.05) is 11.6 Å². The average Bonchev–Trinajstić information content (AvgIpc) is 2.90. The molecule has 5 heteroatoms. The van der Waals surface area contributed by atoms with E-state index < -0.39 is 0 Å². The maximum absolute atomic E-state index is 6.14. The van der Waals surface area contributed by atoms with Gasteiger partial charge in [0.05, 0.1) is 21.6 Å². The van der Waals surface area contributed by atoms with Gasteiger partial charge >= 0.3 is 0 Å². The number of aryl methyl sites for hydroxylation is 2. The van der Waals surface area contributed by atoms with Gasteiger partial charge in [0.1, 0.15) is 0 Å². The summed E-state index contributed by atoms with van der Waals surface area (Å²) in [6, 6.07) is 5.79. The second kappa shape index (κ2) is 4.54. The lowest BCUT2D eigenvalue weighted by Crippen LogP contribution is -1.98. The van der Waals surface area contributed by atoms with Crippen molar-refractivity contribution in [2.45, 2.75) is 20.4 Å². The molecule has 0 saturated carbocycles. The zero-order chi connectivity index (χ0) is 13.6. The minimum Gasteiger partial charge on any atom is -0.397 e. The van der Waals surface area contributed by atoms with Gasteiger partial charge in [0.2, 0.25) is 0 Å². The van der Waals surface area contributed by atoms with Gasteiger partial charge in [-0.1, -0.05) is 11.6 Å². The van der Waals surface area contributed by atoms with E-state index >= 15 is 0 Å². The van der Waals surface area contributed by atoms with Gasteiger partial charge in [-0.2, -0.15) is 0 Å². The number of aromatic nitrogens is 2. The van der Waals surface area contributed by atoms with Crippen LogP contribution in [0.3, 0.4) is 0 Å². The van der Waals surface area contributed by atoms with E-state index in [1.54, 1.807) is 11.3 Å². The molecule has 0 radical (unpaired) electrons. The van der Waals surface area contributed by atoms with Crippen LogP contribution in [0.25, 0.3) is 21.7 Å². The molecule has 0 aliphatic heterocycles. The number of anilines is 1. The maximum atomic E-state index is 6.14. The van der Waals surface area contributed by atoms with Crippen molar-refractivity contribution in [3.8, 4) is 10.7 Å². The molecule has 0 atom stereocenters. The number of rotatable bonds is 2. The molecule has 0 aliphatic carbocycles. The van der Waals surface area contributed by atoms with E-state index in [0.717, 1.165) is 39.5 Å². The predicted octanol–water partition coefficient (Wildman–Crippen LogP) is 4.33. The van der Waals surface area contributed by atoms with Gasteiger partial charge in [0.25, 0.3) is 0 Å². The Bertz CT molecular complexity index is 757. The molecular weight excluding hydrogens is 278 g/mol. The van der Waals surface area contributed by atoms with E-state index in [-0.39, 0.29) is 0 Å². The highest BCUT2D eigenvalue weighted by Gasteiger charge is 2.16. The van der Waals surface area contributed by atoms with E-state index in [1.165, 1.54) is 0 Å². The molecule has 0 fully saturated rings. The predicted molar refractivity (Wildman–Crippen MR) is 82.9 cm³/mol. The first-order chi connectivity index (χ1) is 9.11. The van der Waals surface area contributed by atoms with Crippen LogP contribution >= 0.6 is 22.9 Å². The standard InChI is InChI=1S/C14H14ClN3S/c1-3-18-11-5-4-9(15)6-10(11)17-14(18)13-12(16)8(2)7-19-13/h4-7H,3,16H2,1-2H3. The molecule has 1 aromatic carbocycles. The van der Waals surface area contributed by atoms with Crippen molar-refractivity contribution in [3.05, 3.63) is 34.2 Å². The van der Waals surface area contributed by atoms with Gasteiger partial charge < -0.3 is 10.3 Å². The number of halogens is 1. The average molecular weight is 292 g/mol. The molecule has 19 heavy (non-hydrogen) atoms. The summed E-state index contributed by atoms with van der Waals surface area (Å²) in [6.07, 6.45) is 0. The minimum atomic E-state index is 0.704. The van der Waals surface area contributed by atoms with Crippen molar-refractivity contribution in [1.82, 2.24) is 9.55 Å². The van der Waals surface area contributed by atoms with Crippen LogP contribution in [0.15, 0.2) is 23.6 Å². The Morgan fingerprint density at radius 3 is 2.84 bits per heavy atom. The monoisotopic (exact) mass is 291 g/mol. The van der Waals surface area contributed by atoms with Gasteiger partial charge in [0.15, 0.2) is 5.82 Å². The number of nitrogens with two attached hydrogens (primary N) is 1. The number of hydrogen-bond donors (Lipinski definition) is 1. The normalized spacial score (nSPS) is 11.3. The van der Waals surface area contributed by atoms with Gasteiger partial charge in [-0.3, -0.25) is 0 Å². The molecule has 2 heterocycles. The van der Waals surface area contributed by atoms with Crippen LogP contribution in [-0.4, -0.2) is 9.55 Å². The summed E-state index contributed by atoms with van der Waals surface area (Å²) in [6.45, 7) is 4.98. The number of thiophene rings is 1. The Kier molecular flexibility index (Phi) is 2.99. The van der Waals surface area contributed by atoms with Crippen molar-refractivity contribution < 1.29 is 0 Å². The number of fused-ring (bicyclic) bond motifs is 1. The third kappa shape index (κ3) is 1.91. The zero-order valence-corrected chi connectivity index (χ0v) is 12.3. The van der Waals surface area contributed by atoms with Crippen molar-refractivity contribution in [1.29, 1.82) is 0 Å². The number of imidazole rings is 1. The molecule has 0 spiro atoms. The fourth-order valence-electron chi connectivity index (χ4n) is 2.22. The largest absolute Gasteiger partial charge is 0.397 e. The fourth-order valence-corrected chi connectivity index (χ4v) is 3.36. The molecule has 2 N–H and O–H groups in total. The summed E-state index contributed by atoms with van der Waals surface area (Å²) in [5, 5.41) is 2.77. The second-order valence-electron chi connectivity index (χ2n) is 4.47. The summed E-state index contributed by atoms with van der Waals surface area (Å²) >= 11 is 7.67. The van der Waals surface area contributed by atoms with Crippen molar-refractivity contribution >= 4 is 39.7 Å². The minimum absolute atomic E-state index is 0.704. The van der Waals surface area contributed by atoms with Crippen LogP contribution in [0.5, 0.6) is 0 Å². The molecule has 0 unspecified atom stereocenters. The maximum Gasteiger partial charge on any atom is 0.153 e. The molecule has 2 aromatic heterocycles. The van der Waals surface area contributed by atoms with Crippen molar-refractivity contribution in [2.24, 2.45) is 0 Å². The summed E-state index contributed by atoms with van der Waals surface area (Å²) in [5.41, 5.74) is 10.1. The SMILES string of the molecule is CCn1c(-c2scc(C)c2N)nc2cc(Cl)ccc21. The number of benzene rings is 1. The Balaban J connectivity index is 2.31. The zero-order valence-electron chi connectivity index (χ0n) is 10.8. The van der Waals surface area contributed by atoms with Gasteiger partial charge in [-0.15, -0.1) is 11.3 Å². The van der Waals surface area contributed by atoms with Crippen LogP contribution in [0.2, 0.25) is 5.02 Å². The summed E-state index contributed by atoms with van der Waals surface area (Å²) in [5.74, 6) is 0.926. The second-order valence-corrected chi connectivity index (χ2v) is 5.79. The van der Waals surface area contributed by atoms with E-state index in [2.05, 4.69) is 16.9 Å². The first-order valence-electron chi connectivity index (χ1n) is 6.11. The van der Waals surface area contributed by atoms with E-state index in [0.29, 0.717) is 5.02 Å². The highest BCUT2D eigenvalue weighted by Crippen LogP contribution is 2.36. The van der Waals surface area contributed by atoms with Crippen LogP contribution in [0, 0.1) is 6.92 Å². The summed E-state index contributed by atoms with van der Waals surface area (Å²) in [4.78, 5) is 5.73. The Labute approximate surface area is 120 Å². The molecular formula is C14H14ClN3S. The van der Waals surface area contributed by atoms with Crippen LogP contribution in [-0.2, 0) is 6.54 Å². The molecule has 0 bridgehead atoms. The number of nitrogens with zero attached hydrogens (tertiary/aromatic N) is 2. The molecule has 3 nitrogen and oxygen atoms in total. The third-order valence-electron chi connectivity index (χ3n) is 3.25. The summed E-state index contributed by atoms with van der Waals surface area (Å²) < 4.78 is 2.17. The van der Waals surface area contributed by atoms with Gasteiger partial charge in [-0.05, 0) is 43.0 Å². The molecule has 3 aromatic rings. The van der Waals surface area contributed by atoms with Crippen LogP contribution in [0.4, 0.5) is 5.69 Å². The van der Waals surface area contributed by atoms with Crippen molar-refractivity contribution in [3.63, 3.8) is 0 Å². The van der Waals surface area contributed by atoms with E-state index in [9.17, 15) is 0 Å². The first-order valence-corrected chi connectivity index (χ1v) is 7.37. The highest BCUT2D eigenvalue weighted by atomic mass is 35.5. The number of hydrogen-bond acceptors (Lipinski definition) is 3. The summed E-state index contributed by atoms with van der Waals surface area (Å²) in [7, 11) is 0. The van der Waals surface area contributed by atoms with E-state index in [4.69, 9.17) is 22.3 Å². The Morgan fingerprint density at radius 2 is 2.21 bits per heavy atom.